The van der Waals surface area contributed by atoms with Crippen molar-refractivity contribution in [2.24, 2.45) is 11.7 Å². The zero-order valence-corrected chi connectivity index (χ0v) is 11.7. The SMILES string of the molecule is CCCC(CCN)CCc1nnc(C)n1C1CC1. The van der Waals surface area contributed by atoms with Crippen LogP contribution in [0.5, 0.6) is 0 Å². The van der Waals surface area contributed by atoms with E-state index in [4.69, 9.17) is 5.73 Å². The van der Waals surface area contributed by atoms with E-state index in [0.717, 1.165) is 31.1 Å². The van der Waals surface area contributed by atoms with Crippen molar-refractivity contribution in [1.82, 2.24) is 14.8 Å². The number of nitrogens with zero attached hydrogens (tertiary/aromatic N) is 3. The van der Waals surface area contributed by atoms with E-state index in [1.807, 2.05) is 0 Å². The Morgan fingerprint density at radius 3 is 2.67 bits per heavy atom. The van der Waals surface area contributed by atoms with Crippen LogP contribution in [0.2, 0.25) is 0 Å². The second kappa shape index (κ2) is 6.32. The minimum Gasteiger partial charge on any atom is -0.330 e. The van der Waals surface area contributed by atoms with Gasteiger partial charge in [0.25, 0.3) is 0 Å². The molecule has 102 valence electrons. The summed E-state index contributed by atoms with van der Waals surface area (Å²) in [5.74, 6) is 3.02. The summed E-state index contributed by atoms with van der Waals surface area (Å²) in [5.41, 5.74) is 5.69. The molecule has 1 unspecified atom stereocenters. The van der Waals surface area contributed by atoms with Crippen LogP contribution >= 0.6 is 0 Å². The van der Waals surface area contributed by atoms with Gasteiger partial charge < -0.3 is 10.3 Å². The van der Waals surface area contributed by atoms with Crippen molar-refractivity contribution in [2.45, 2.75) is 64.8 Å². The molecule has 0 aliphatic heterocycles. The quantitative estimate of drug-likeness (QED) is 0.771. The predicted octanol–water partition coefficient (Wildman–Crippen LogP) is 2.62. The van der Waals surface area contributed by atoms with Crippen LogP contribution in [0.3, 0.4) is 0 Å². The van der Waals surface area contributed by atoms with Crippen LogP contribution in [0, 0.1) is 12.8 Å². The van der Waals surface area contributed by atoms with E-state index in [1.165, 1.54) is 37.9 Å². The molecule has 2 rings (SSSR count). The number of aromatic nitrogens is 3. The van der Waals surface area contributed by atoms with E-state index in [-0.39, 0.29) is 0 Å². The van der Waals surface area contributed by atoms with E-state index in [2.05, 4.69) is 28.6 Å². The highest BCUT2D eigenvalue weighted by Gasteiger charge is 2.28. The molecule has 1 aromatic rings. The van der Waals surface area contributed by atoms with Gasteiger partial charge in [-0.05, 0) is 45.1 Å². The Kier molecular flexibility index (Phi) is 4.75. The van der Waals surface area contributed by atoms with Crippen molar-refractivity contribution < 1.29 is 0 Å². The molecule has 1 aromatic heterocycles. The van der Waals surface area contributed by atoms with Crippen molar-refractivity contribution in [3.8, 4) is 0 Å². The third-order valence-corrected chi connectivity index (χ3v) is 3.90. The van der Waals surface area contributed by atoms with Crippen LogP contribution in [0.4, 0.5) is 0 Å². The van der Waals surface area contributed by atoms with Gasteiger partial charge in [0.05, 0.1) is 0 Å². The molecule has 1 aliphatic rings. The minimum absolute atomic E-state index is 0.689. The largest absolute Gasteiger partial charge is 0.330 e. The van der Waals surface area contributed by atoms with Gasteiger partial charge in [0, 0.05) is 12.5 Å². The Labute approximate surface area is 110 Å². The normalized spacial score (nSPS) is 17.1. The molecule has 0 saturated heterocycles. The minimum atomic E-state index is 0.689. The average molecular weight is 250 g/mol. The van der Waals surface area contributed by atoms with E-state index >= 15 is 0 Å². The first-order valence-electron chi connectivity index (χ1n) is 7.36. The molecule has 0 amide bonds. The first kappa shape index (κ1) is 13.5. The molecule has 1 fully saturated rings. The predicted molar refractivity (Wildman–Crippen MR) is 73.4 cm³/mol. The molecule has 4 nitrogen and oxygen atoms in total. The van der Waals surface area contributed by atoms with E-state index < -0.39 is 0 Å². The fourth-order valence-corrected chi connectivity index (χ4v) is 2.80. The van der Waals surface area contributed by atoms with Crippen LogP contribution in [0.1, 0.15) is 63.1 Å². The highest BCUT2D eigenvalue weighted by atomic mass is 15.3. The lowest BCUT2D eigenvalue weighted by molar-refractivity contribution is 0.413. The van der Waals surface area contributed by atoms with Gasteiger partial charge in [0.15, 0.2) is 0 Å². The summed E-state index contributed by atoms with van der Waals surface area (Å²) in [7, 11) is 0. The Morgan fingerprint density at radius 1 is 1.28 bits per heavy atom. The molecule has 1 aliphatic carbocycles. The molecular formula is C14H26N4. The van der Waals surface area contributed by atoms with Crippen molar-refractivity contribution >= 4 is 0 Å². The lowest BCUT2D eigenvalue weighted by Crippen LogP contribution is -2.11. The van der Waals surface area contributed by atoms with Gasteiger partial charge in [0.1, 0.15) is 11.6 Å². The lowest BCUT2D eigenvalue weighted by atomic mass is 9.94. The monoisotopic (exact) mass is 250 g/mol. The van der Waals surface area contributed by atoms with Crippen LogP contribution in [-0.4, -0.2) is 21.3 Å². The molecular weight excluding hydrogens is 224 g/mol. The number of hydrogen-bond acceptors (Lipinski definition) is 3. The molecule has 0 radical (unpaired) electrons. The van der Waals surface area contributed by atoms with Crippen LogP contribution in [0.25, 0.3) is 0 Å². The van der Waals surface area contributed by atoms with E-state index in [0.29, 0.717) is 6.04 Å². The van der Waals surface area contributed by atoms with Gasteiger partial charge >= 0.3 is 0 Å². The molecule has 1 saturated carbocycles. The van der Waals surface area contributed by atoms with E-state index in [1.54, 1.807) is 0 Å². The summed E-state index contributed by atoms with van der Waals surface area (Å²) in [5, 5.41) is 8.59. The highest BCUT2D eigenvalue weighted by molar-refractivity contribution is 5.01. The second-order valence-corrected chi connectivity index (χ2v) is 5.54. The second-order valence-electron chi connectivity index (χ2n) is 5.54. The average Bonchev–Trinajstić information content (AvgIpc) is 3.11. The fraction of sp³-hybridized carbons (Fsp3) is 0.857. The third-order valence-electron chi connectivity index (χ3n) is 3.90. The summed E-state index contributed by atoms with van der Waals surface area (Å²) in [6.07, 6.45) is 8.54. The molecule has 0 spiro atoms. The van der Waals surface area contributed by atoms with Crippen molar-refractivity contribution in [3.05, 3.63) is 11.6 Å². The Bertz CT molecular complexity index is 362. The summed E-state index contributed by atoms with van der Waals surface area (Å²) >= 11 is 0. The standard InChI is InChI=1S/C14H26N4/c1-3-4-12(9-10-15)5-8-14-17-16-11(2)18(14)13-6-7-13/h12-13H,3-10,15H2,1-2H3. The summed E-state index contributed by atoms with van der Waals surface area (Å²) in [4.78, 5) is 0. The van der Waals surface area contributed by atoms with E-state index in [9.17, 15) is 0 Å². The number of aryl methyl sites for hydroxylation is 2. The number of rotatable bonds is 8. The summed E-state index contributed by atoms with van der Waals surface area (Å²) in [6.45, 7) is 5.12. The Hall–Kier alpha value is -0.900. The molecule has 4 heteroatoms. The Morgan fingerprint density at radius 2 is 2.06 bits per heavy atom. The summed E-state index contributed by atoms with van der Waals surface area (Å²) in [6, 6.07) is 0.689. The molecule has 0 aromatic carbocycles. The lowest BCUT2D eigenvalue weighted by Gasteiger charge is -2.15. The molecule has 2 N–H and O–H groups in total. The summed E-state index contributed by atoms with van der Waals surface area (Å²) < 4.78 is 2.35. The smallest absolute Gasteiger partial charge is 0.133 e. The van der Waals surface area contributed by atoms with Gasteiger partial charge in [-0.25, -0.2) is 0 Å². The Balaban J connectivity index is 1.92. The van der Waals surface area contributed by atoms with Gasteiger partial charge in [-0.2, -0.15) is 0 Å². The zero-order valence-electron chi connectivity index (χ0n) is 11.7. The van der Waals surface area contributed by atoms with Crippen molar-refractivity contribution in [1.29, 1.82) is 0 Å². The van der Waals surface area contributed by atoms with Crippen LogP contribution in [-0.2, 0) is 6.42 Å². The van der Waals surface area contributed by atoms with Gasteiger partial charge in [0.2, 0.25) is 0 Å². The molecule has 0 bridgehead atoms. The number of nitrogens with two attached hydrogens (primary N) is 1. The first-order valence-corrected chi connectivity index (χ1v) is 7.36. The maximum atomic E-state index is 5.69. The number of hydrogen-bond donors (Lipinski definition) is 1. The van der Waals surface area contributed by atoms with Gasteiger partial charge in [-0.15, -0.1) is 10.2 Å². The maximum absolute atomic E-state index is 5.69. The third kappa shape index (κ3) is 3.31. The highest BCUT2D eigenvalue weighted by Crippen LogP contribution is 2.36. The molecule has 1 atom stereocenters. The first-order chi connectivity index (χ1) is 8.76. The van der Waals surface area contributed by atoms with Crippen molar-refractivity contribution in [2.75, 3.05) is 6.54 Å². The topological polar surface area (TPSA) is 56.7 Å². The fourth-order valence-electron chi connectivity index (χ4n) is 2.80. The van der Waals surface area contributed by atoms with Crippen molar-refractivity contribution in [3.63, 3.8) is 0 Å². The van der Waals surface area contributed by atoms with Gasteiger partial charge in [-0.3, -0.25) is 0 Å². The molecule has 18 heavy (non-hydrogen) atoms. The van der Waals surface area contributed by atoms with Gasteiger partial charge in [-0.1, -0.05) is 19.8 Å². The zero-order chi connectivity index (χ0) is 13.0. The van der Waals surface area contributed by atoms with Crippen LogP contribution in [0.15, 0.2) is 0 Å². The van der Waals surface area contributed by atoms with Crippen LogP contribution < -0.4 is 5.73 Å². The molecule has 1 heterocycles. The maximum Gasteiger partial charge on any atom is 0.133 e.